The van der Waals surface area contributed by atoms with E-state index in [1.165, 1.54) is 6.07 Å². The van der Waals surface area contributed by atoms with Crippen molar-refractivity contribution in [2.45, 2.75) is 11.8 Å². The quantitative estimate of drug-likeness (QED) is 0.430. The molecule has 0 atom stereocenters. The Kier molecular flexibility index (Phi) is 6.08. The Morgan fingerprint density at radius 2 is 1.96 bits per heavy atom. The number of hydrogen-bond donors (Lipinski definition) is 0. The van der Waals surface area contributed by atoms with Crippen LogP contribution in [0.25, 0.3) is 0 Å². The van der Waals surface area contributed by atoms with Gasteiger partial charge < -0.3 is 9.30 Å². The molecule has 0 bridgehead atoms. The highest BCUT2D eigenvalue weighted by Crippen LogP contribution is 2.24. The van der Waals surface area contributed by atoms with Crippen molar-refractivity contribution in [3.05, 3.63) is 70.5 Å². The van der Waals surface area contributed by atoms with Gasteiger partial charge in [0.25, 0.3) is 0 Å². The monoisotopic (exact) mass is 409 g/mol. The van der Waals surface area contributed by atoms with E-state index in [-0.39, 0.29) is 23.7 Å². The Hall–Kier alpha value is -2.45. The molecule has 0 aliphatic carbocycles. The highest BCUT2D eigenvalue weighted by atomic mass is 35.5. The molecule has 0 N–H and O–H groups in total. The first-order valence-corrected chi connectivity index (χ1v) is 9.18. The van der Waals surface area contributed by atoms with Gasteiger partial charge >= 0.3 is 0 Å². The van der Waals surface area contributed by atoms with Crippen molar-refractivity contribution in [3.8, 4) is 5.75 Å². The largest absolute Gasteiger partial charge is 0.484 e. The third-order valence-electron chi connectivity index (χ3n) is 3.69. The topological polar surface area (TPSA) is 57.0 Å². The molecule has 0 radical (unpaired) electrons. The molecule has 3 aromatic rings. The summed E-state index contributed by atoms with van der Waals surface area (Å²) in [6.07, 6.45) is 0. The summed E-state index contributed by atoms with van der Waals surface area (Å²) in [6.45, 7) is 0.158. The normalized spacial score (nSPS) is 10.8. The van der Waals surface area contributed by atoms with Gasteiger partial charge in [-0.15, -0.1) is 10.2 Å². The fourth-order valence-corrected chi connectivity index (χ4v) is 3.20. The van der Waals surface area contributed by atoms with Crippen molar-refractivity contribution in [2.24, 2.45) is 7.05 Å². The average molecular weight is 410 g/mol. The maximum atomic E-state index is 13.2. The van der Waals surface area contributed by atoms with Crippen LogP contribution in [0.1, 0.15) is 16.2 Å². The molecule has 1 aromatic heterocycles. The maximum Gasteiger partial charge on any atom is 0.191 e. The van der Waals surface area contributed by atoms with Crippen LogP contribution < -0.4 is 4.74 Å². The van der Waals surface area contributed by atoms with Gasteiger partial charge in [-0.05, 0) is 30.3 Å². The second kappa shape index (κ2) is 8.49. The van der Waals surface area contributed by atoms with Crippen LogP contribution in [0.3, 0.4) is 0 Å². The number of hydrogen-bond acceptors (Lipinski definition) is 5. The number of ketones is 1. The van der Waals surface area contributed by atoms with E-state index in [2.05, 4.69) is 10.2 Å². The molecule has 0 saturated carbocycles. The van der Waals surface area contributed by atoms with E-state index in [0.717, 1.165) is 23.9 Å². The lowest BCUT2D eigenvalue weighted by atomic mass is 10.1. The van der Waals surface area contributed by atoms with Gasteiger partial charge in [-0.3, -0.25) is 4.79 Å². The van der Waals surface area contributed by atoms with E-state index in [9.17, 15) is 13.6 Å². The van der Waals surface area contributed by atoms with E-state index in [1.54, 1.807) is 29.8 Å². The van der Waals surface area contributed by atoms with E-state index >= 15 is 0 Å². The molecule has 0 saturated heterocycles. The number of nitrogens with zero attached hydrogens (tertiary/aromatic N) is 3. The Bertz CT molecular complexity index is 981. The molecule has 0 amide bonds. The lowest BCUT2D eigenvalue weighted by Crippen LogP contribution is -2.06. The minimum Gasteiger partial charge on any atom is -0.484 e. The number of carbonyl (C=O) groups excluding carboxylic acids is 1. The molecule has 0 fully saturated rings. The van der Waals surface area contributed by atoms with Gasteiger partial charge in [0.15, 0.2) is 28.4 Å². The number of carbonyl (C=O) groups is 1. The standard InChI is InChI=1S/C18H14ClF2N3O2S/c1-24-17(9-26-16-5-3-2-4-12(16)19)22-23-18(24)27-10-15(25)11-6-7-13(20)14(21)8-11/h2-8H,9-10H2,1H3. The summed E-state index contributed by atoms with van der Waals surface area (Å²) in [4.78, 5) is 12.1. The molecule has 0 unspecified atom stereocenters. The molecule has 27 heavy (non-hydrogen) atoms. The molecule has 0 aliphatic heterocycles. The number of benzene rings is 2. The van der Waals surface area contributed by atoms with Crippen LogP contribution in [0.2, 0.25) is 5.02 Å². The van der Waals surface area contributed by atoms with E-state index in [4.69, 9.17) is 16.3 Å². The summed E-state index contributed by atoms with van der Waals surface area (Å²) in [5.74, 6) is -1.28. The minimum atomic E-state index is -1.05. The van der Waals surface area contributed by atoms with Gasteiger partial charge in [-0.2, -0.15) is 0 Å². The van der Waals surface area contributed by atoms with Gasteiger partial charge in [-0.1, -0.05) is 35.5 Å². The van der Waals surface area contributed by atoms with E-state index in [1.807, 2.05) is 6.07 Å². The highest BCUT2D eigenvalue weighted by molar-refractivity contribution is 7.99. The molecule has 3 rings (SSSR count). The van der Waals surface area contributed by atoms with Gasteiger partial charge in [0.05, 0.1) is 10.8 Å². The van der Waals surface area contributed by atoms with Crippen LogP contribution in [0, 0.1) is 11.6 Å². The van der Waals surface area contributed by atoms with E-state index in [0.29, 0.717) is 21.8 Å². The van der Waals surface area contributed by atoms with E-state index < -0.39 is 11.6 Å². The van der Waals surface area contributed by atoms with Crippen molar-refractivity contribution in [1.29, 1.82) is 0 Å². The number of rotatable bonds is 7. The van der Waals surface area contributed by atoms with Crippen LogP contribution >= 0.6 is 23.4 Å². The first-order valence-electron chi connectivity index (χ1n) is 7.82. The fraction of sp³-hybridized carbons (Fsp3) is 0.167. The zero-order chi connectivity index (χ0) is 19.4. The summed E-state index contributed by atoms with van der Waals surface area (Å²) < 4.78 is 33.5. The Labute approximate surface area is 163 Å². The lowest BCUT2D eigenvalue weighted by molar-refractivity contribution is 0.102. The fourth-order valence-electron chi connectivity index (χ4n) is 2.18. The molecule has 0 aliphatic rings. The molecular weight excluding hydrogens is 396 g/mol. The third-order valence-corrected chi connectivity index (χ3v) is 5.02. The smallest absolute Gasteiger partial charge is 0.191 e. The van der Waals surface area contributed by atoms with Crippen molar-refractivity contribution >= 4 is 29.1 Å². The predicted molar refractivity (Wildman–Crippen MR) is 98.2 cm³/mol. The zero-order valence-corrected chi connectivity index (χ0v) is 15.7. The Balaban J connectivity index is 1.61. The number of para-hydroxylation sites is 1. The summed E-state index contributed by atoms with van der Waals surface area (Å²) in [6, 6.07) is 10.1. The first-order chi connectivity index (χ1) is 13.0. The minimum absolute atomic E-state index is 0.0163. The number of thioether (sulfide) groups is 1. The van der Waals surface area contributed by atoms with Crippen molar-refractivity contribution in [2.75, 3.05) is 5.75 Å². The number of ether oxygens (including phenoxy) is 1. The Morgan fingerprint density at radius 1 is 1.19 bits per heavy atom. The average Bonchev–Trinajstić information content (AvgIpc) is 3.01. The van der Waals surface area contributed by atoms with Gasteiger partial charge in [-0.25, -0.2) is 8.78 Å². The summed E-state index contributed by atoms with van der Waals surface area (Å²) in [5, 5.41) is 9.06. The van der Waals surface area contributed by atoms with Gasteiger partial charge in [0.2, 0.25) is 0 Å². The second-order valence-electron chi connectivity index (χ2n) is 5.52. The number of halogens is 3. The highest BCUT2D eigenvalue weighted by Gasteiger charge is 2.15. The van der Waals surface area contributed by atoms with Gasteiger partial charge in [0, 0.05) is 12.6 Å². The predicted octanol–water partition coefficient (Wildman–Crippen LogP) is 4.30. The summed E-state index contributed by atoms with van der Waals surface area (Å²) >= 11 is 7.19. The van der Waals surface area contributed by atoms with Crippen LogP contribution in [-0.2, 0) is 13.7 Å². The summed E-state index contributed by atoms with van der Waals surface area (Å²) in [7, 11) is 1.75. The molecule has 9 heteroatoms. The SMILES string of the molecule is Cn1c(COc2ccccc2Cl)nnc1SCC(=O)c1ccc(F)c(F)c1. The number of aromatic nitrogens is 3. The van der Waals surface area contributed by atoms with Crippen molar-refractivity contribution < 1.29 is 18.3 Å². The number of Topliss-reactive ketones (excluding diaryl/α,β-unsaturated/α-hetero) is 1. The van der Waals surface area contributed by atoms with Crippen LogP contribution in [0.4, 0.5) is 8.78 Å². The molecule has 140 valence electrons. The molecular formula is C18H14ClF2N3O2S. The van der Waals surface area contributed by atoms with Crippen molar-refractivity contribution in [3.63, 3.8) is 0 Å². The van der Waals surface area contributed by atoms with Crippen LogP contribution in [-0.4, -0.2) is 26.3 Å². The lowest BCUT2D eigenvalue weighted by Gasteiger charge is -2.07. The second-order valence-corrected chi connectivity index (χ2v) is 6.87. The van der Waals surface area contributed by atoms with Gasteiger partial charge in [0.1, 0.15) is 12.4 Å². The zero-order valence-electron chi connectivity index (χ0n) is 14.2. The molecule has 1 heterocycles. The molecule has 0 spiro atoms. The first kappa shape index (κ1) is 19.3. The maximum absolute atomic E-state index is 13.2. The molecule has 2 aromatic carbocycles. The Morgan fingerprint density at radius 3 is 2.70 bits per heavy atom. The molecule has 5 nitrogen and oxygen atoms in total. The van der Waals surface area contributed by atoms with Crippen molar-refractivity contribution in [1.82, 2.24) is 14.8 Å². The summed E-state index contributed by atoms with van der Waals surface area (Å²) in [5.41, 5.74) is 0.103. The van der Waals surface area contributed by atoms with Crippen LogP contribution in [0.5, 0.6) is 5.75 Å². The third kappa shape index (κ3) is 4.64. The van der Waals surface area contributed by atoms with Crippen LogP contribution in [0.15, 0.2) is 47.6 Å².